The second-order valence-electron chi connectivity index (χ2n) is 4.94. The Balaban J connectivity index is 1.79. The number of aryl methyl sites for hydroxylation is 1. The minimum Gasteiger partial charge on any atom is -0.316 e. The van der Waals surface area contributed by atoms with Gasteiger partial charge in [0.05, 0.1) is 0 Å². The molecule has 1 heteroatoms. The molecule has 0 spiro atoms. The van der Waals surface area contributed by atoms with Gasteiger partial charge in [0.1, 0.15) is 0 Å². The topological polar surface area (TPSA) is 12.0 Å². The third-order valence-electron chi connectivity index (χ3n) is 3.59. The lowest BCUT2D eigenvalue weighted by Gasteiger charge is -2.24. The second-order valence-corrected chi connectivity index (χ2v) is 4.94. The molecule has 0 heterocycles. The van der Waals surface area contributed by atoms with Crippen LogP contribution in [0.2, 0.25) is 0 Å². The van der Waals surface area contributed by atoms with Crippen LogP contribution < -0.4 is 5.32 Å². The first-order valence-corrected chi connectivity index (χ1v) is 6.67. The van der Waals surface area contributed by atoms with Crippen molar-refractivity contribution in [2.75, 3.05) is 13.1 Å². The number of benzene rings is 1. The van der Waals surface area contributed by atoms with Gasteiger partial charge in [-0.25, -0.2) is 0 Å². The van der Waals surface area contributed by atoms with E-state index in [1.54, 1.807) is 11.1 Å². The Morgan fingerprint density at radius 3 is 2.88 bits per heavy atom. The first kappa shape index (κ1) is 11.7. The molecule has 1 aliphatic carbocycles. The van der Waals surface area contributed by atoms with E-state index >= 15 is 0 Å². The molecule has 16 heavy (non-hydrogen) atoms. The average molecular weight is 217 g/mol. The van der Waals surface area contributed by atoms with Gasteiger partial charge in [-0.2, -0.15) is 0 Å². The normalized spacial score (nSPS) is 19.4. The van der Waals surface area contributed by atoms with Crippen LogP contribution >= 0.6 is 0 Å². The monoisotopic (exact) mass is 217 g/mol. The van der Waals surface area contributed by atoms with Crippen LogP contribution in [0, 0.1) is 5.92 Å². The van der Waals surface area contributed by atoms with Gasteiger partial charge >= 0.3 is 0 Å². The van der Waals surface area contributed by atoms with Gasteiger partial charge in [0.15, 0.2) is 0 Å². The zero-order valence-electron chi connectivity index (χ0n) is 10.3. The maximum absolute atomic E-state index is 3.59. The third kappa shape index (κ3) is 3.08. The summed E-state index contributed by atoms with van der Waals surface area (Å²) in [4.78, 5) is 0. The van der Waals surface area contributed by atoms with E-state index < -0.39 is 0 Å². The molecule has 0 aliphatic heterocycles. The van der Waals surface area contributed by atoms with E-state index in [-0.39, 0.29) is 0 Å². The molecule has 2 rings (SSSR count). The highest BCUT2D eigenvalue weighted by atomic mass is 14.9. The fraction of sp³-hybridized carbons (Fsp3) is 0.600. The Bertz CT molecular complexity index is 319. The predicted octanol–water partition coefficient (Wildman–Crippen LogP) is 3.18. The Morgan fingerprint density at radius 2 is 2.06 bits per heavy atom. The third-order valence-corrected chi connectivity index (χ3v) is 3.59. The fourth-order valence-electron chi connectivity index (χ4n) is 2.56. The van der Waals surface area contributed by atoms with Crippen molar-refractivity contribution < 1.29 is 0 Å². The average Bonchev–Trinajstić information content (AvgIpc) is 2.34. The molecule has 0 saturated heterocycles. The largest absolute Gasteiger partial charge is 0.316 e. The first-order chi connectivity index (χ1) is 7.90. The summed E-state index contributed by atoms with van der Waals surface area (Å²) in [5, 5.41) is 3.59. The second kappa shape index (κ2) is 6.05. The fourth-order valence-corrected chi connectivity index (χ4v) is 2.56. The van der Waals surface area contributed by atoms with Crippen molar-refractivity contribution in [2.45, 2.75) is 39.0 Å². The Hall–Kier alpha value is -0.820. The quantitative estimate of drug-likeness (QED) is 0.747. The van der Waals surface area contributed by atoms with Crippen molar-refractivity contribution in [3.05, 3.63) is 35.4 Å². The summed E-state index contributed by atoms with van der Waals surface area (Å²) in [5.74, 6) is 0.853. The van der Waals surface area contributed by atoms with Crippen molar-refractivity contribution in [2.24, 2.45) is 5.92 Å². The van der Waals surface area contributed by atoms with Crippen molar-refractivity contribution in [1.82, 2.24) is 5.32 Å². The van der Waals surface area contributed by atoms with Crippen molar-refractivity contribution in [3.8, 4) is 0 Å². The summed E-state index contributed by atoms with van der Waals surface area (Å²) >= 11 is 0. The molecular formula is C15H23N. The maximum atomic E-state index is 3.59. The molecule has 1 unspecified atom stereocenters. The van der Waals surface area contributed by atoms with E-state index in [0.717, 1.165) is 5.92 Å². The number of hydrogen-bond acceptors (Lipinski definition) is 1. The SMILES string of the molecule is CCCCNCC1CCc2ccccc2C1. The Morgan fingerprint density at radius 1 is 1.25 bits per heavy atom. The van der Waals surface area contributed by atoms with Crippen LogP contribution in [0.15, 0.2) is 24.3 Å². The van der Waals surface area contributed by atoms with E-state index in [9.17, 15) is 0 Å². The van der Waals surface area contributed by atoms with E-state index in [4.69, 9.17) is 0 Å². The molecule has 0 bridgehead atoms. The lowest BCUT2D eigenvalue weighted by atomic mass is 9.84. The highest BCUT2D eigenvalue weighted by Gasteiger charge is 2.17. The Labute approximate surface area is 99.3 Å². The van der Waals surface area contributed by atoms with E-state index in [2.05, 4.69) is 36.5 Å². The molecule has 1 aromatic rings. The van der Waals surface area contributed by atoms with Crippen LogP contribution in [0.25, 0.3) is 0 Å². The zero-order valence-corrected chi connectivity index (χ0v) is 10.3. The molecule has 1 aliphatic rings. The van der Waals surface area contributed by atoms with Crippen LogP contribution in [0.1, 0.15) is 37.3 Å². The summed E-state index contributed by atoms with van der Waals surface area (Å²) in [6.45, 7) is 4.64. The molecule has 0 amide bonds. The molecule has 88 valence electrons. The Kier molecular flexibility index (Phi) is 4.41. The molecule has 1 aromatic carbocycles. The predicted molar refractivity (Wildman–Crippen MR) is 69.7 cm³/mol. The van der Waals surface area contributed by atoms with Gasteiger partial charge in [-0.15, -0.1) is 0 Å². The van der Waals surface area contributed by atoms with Gasteiger partial charge in [-0.1, -0.05) is 37.6 Å². The number of fused-ring (bicyclic) bond motifs is 1. The van der Waals surface area contributed by atoms with Crippen LogP contribution in [0.5, 0.6) is 0 Å². The van der Waals surface area contributed by atoms with Gasteiger partial charge in [-0.05, 0) is 55.8 Å². The molecule has 0 fully saturated rings. The lowest BCUT2D eigenvalue weighted by Crippen LogP contribution is -2.27. The van der Waals surface area contributed by atoms with Crippen LogP contribution in [0.4, 0.5) is 0 Å². The van der Waals surface area contributed by atoms with Crippen molar-refractivity contribution in [1.29, 1.82) is 0 Å². The van der Waals surface area contributed by atoms with E-state index in [0.29, 0.717) is 0 Å². The summed E-state index contributed by atoms with van der Waals surface area (Å²) in [6, 6.07) is 8.92. The standard InChI is InChI=1S/C15H23N/c1-2-3-10-16-12-13-8-9-14-6-4-5-7-15(14)11-13/h4-7,13,16H,2-3,8-12H2,1H3. The minimum atomic E-state index is 0.853. The van der Waals surface area contributed by atoms with Gasteiger partial charge < -0.3 is 5.32 Å². The molecular weight excluding hydrogens is 194 g/mol. The number of unbranched alkanes of at least 4 members (excludes halogenated alkanes) is 1. The van der Waals surface area contributed by atoms with E-state index in [1.165, 1.54) is 45.2 Å². The highest BCUT2D eigenvalue weighted by Crippen LogP contribution is 2.24. The summed E-state index contributed by atoms with van der Waals surface area (Å²) in [6.07, 6.45) is 6.51. The molecule has 1 nitrogen and oxygen atoms in total. The van der Waals surface area contributed by atoms with Gasteiger partial charge in [-0.3, -0.25) is 0 Å². The number of hydrogen-bond donors (Lipinski definition) is 1. The highest BCUT2D eigenvalue weighted by molar-refractivity contribution is 5.29. The van der Waals surface area contributed by atoms with Gasteiger partial charge in [0, 0.05) is 0 Å². The minimum absolute atomic E-state index is 0.853. The molecule has 0 saturated carbocycles. The summed E-state index contributed by atoms with van der Waals surface area (Å²) < 4.78 is 0. The molecule has 1 N–H and O–H groups in total. The van der Waals surface area contributed by atoms with Crippen LogP contribution in [-0.2, 0) is 12.8 Å². The first-order valence-electron chi connectivity index (χ1n) is 6.67. The van der Waals surface area contributed by atoms with Crippen LogP contribution in [0.3, 0.4) is 0 Å². The molecule has 0 aromatic heterocycles. The lowest BCUT2D eigenvalue weighted by molar-refractivity contribution is 0.423. The zero-order chi connectivity index (χ0) is 11.2. The van der Waals surface area contributed by atoms with Gasteiger partial charge in [0.25, 0.3) is 0 Å². The summed E-state index contributed by atoms with van der Waals surface area (Å²) in [7, 11) is 0. The smallest absolute Gasteiger partial charge is 0.00172 e. The van der Waals surface area contributed by atoms with Crippen molar-refractivity contribution >= 4 is 0 Å². The number of rotatable bonds is 5. The van der Waals surface area contributed by atoms with Crippen LogP contribution in [-0.4, -0.2) is 13.1 Å². The number of nitrogens with one attached hydrogen (secondary N) is 1. The molecule has 1 atom stereocenters. The molecule has 0 radical (unpaired) electrons. The van der Waals surface area contributed by atoms with Gasteiger partial charge in [0.2, 0.25) is 0 Å². The maximum Gasteiger partial charge on any atom is -0.00172 e. The van der Waals surface area contributed by atoms with Crippen molar-refractivity contribution in [3.63, 3.8) is 0 Å². The van der Waals surface area contributed by atoms with E-state index in [1.807, 2.05) is 0 Å². The summed E-state index contributed by atoms with van der Waals surface area (Å²) in [5.41, 5.74) is 3.16.